The van der Waals surface area contributed by atoms with Crippen LogP contribution in [-0.2, 0) is 12.1 Å². The molecule has 0 saturated carbocycles. The van der Waals surface area contributed by atoms with E-state index in [1.54, 1.807) is 18.3 Å². The van der Waals surface area contributed by atoms with Crippen molar-refractivity contribution < 1.29 is 5.11 Å². The monoisotopic (exact) mass is 522 g/mol. The van der Waals surface area contributed by atoms with Crippen LogP contribution in [0.15, 0.2) is 71.0 Å². The van der Waals surface area contributed by atoms with Gasteiger partial charge in [-0.3, -0.25) is 0 Å². The number of nitrogens with one attached hydrogen (secondary N) is 2. The Morgan fingerprint density at radius 2 is 1.72 bits per heavy atom. The number of rotatable bonds is 7. The number of hydrogen-bond donors (Lipinski definition) is 3. The first-order valence-electron chi connectivity index (χ1n) is 9.38. The van der Waals surface area contributed by atoms with E-state index in [4.69, 9.17) is 0 Å². The number of halogens is 1. The lowest BCUT2D eigenvalue weighted by molar-refractivity contribution is 0.0617. The molecular formula is C22H27IN4OS. The summed E-state index contributed by atoms with van der Waals surface area (Å²) in [7, 11) is 0. The predicted octanol–water partition coefficient (Wildman–Crippen LogP) is 4.39. The Bertz CT molecular complexity index is 897. The number of benzene rings is 2. The van der Waals surface area contributed by atoms with E-state index in [2.05, 4.69) is 38.1 Å². The van der Waals surface area contributed by atoms with Crippen molar-refractivity contribution >= 4 is 41.3 Å². The van der Waals surface area contributed by atoms with E-state index in [9.17, 15) is 5.11 Å². The number of thiazole rings is 1. The van der Waals surface area contributed by atoms with Gasteiger partial charge in [-0.1, -0.05) is 60.7 Å². The highest BCUT2D eigenvalue weighted by atomic mass is 127. The fraction of sp³-hybridized carbons (Fsp3) is 0.273. The molecule has 0 aliphatic rings. The normalized spacial score (nSPS) is 13.3. The zero-order valence-electron chi connectivity index (χ0n) is 16.6. The number of nitrogens with zero attached hydrogens (tertiary/aromatic N) is 2. The minimum Gasteiger partial charge on any atom is -0.384 e. The van der Waals surface area contributed by atoms with Crippen LogP contribution in [0.4, 0.5) is 0 Å². The molecule has 1 atom stereocenters. The van der Waals surface area contributed by atoms with Crippen LogP contribution in [0.3, 0.4) is 0 Å². The molecule has 1 heterocycles. The molecule has 0 bridgehead atoms. The molecule has 1 aromatic heterocycles. The van der Waals surface area contributed by atoms with Gasteiger partial charge in [0.05, 0.1) is 18.8 Å². The first-order valence-corrected chi connectivity index (χ1v) is 10.3. The summed E-state index contributed by atoms with van der Waals surface area (Å²) in [6.07, 6.45) is 0. The molecule has 0 spiro atoms. The highest BCUT2D eigenvalue weighted by Gasteiger charge is 2.22. The van der Waals surface area contributed by atoms with Crippen molar-refractivity contribution in [2.45, 2.75) is 26.0 Å². The lowest BCUT2D eigenvalue weighted by Gasteiger charge is -2.25. The molecule has 3 aromatic rings. The molecule has 1 unspecified atom stereocenters. The third-order valence-corrected chi connectivity index (χ3v) is 5.17. The SMILES string of the molecule is CCNC(=NCc1nc(-c2ccccc2)cs1)NCC(C)(O)c1ccccc1.I. The molecule has 0 fully saturated rings. The topological polar surface area (TPSA) is 69.5 Å². The lowest BCUT2D eigenvalue weighted by Crippen LogP contribution is -2.44. The van der Waals surface area contributed by atoms with Crippen LogP contribution in [0, 0.1) is 0 Å². The van der Waals surface area contributed by atoms with Gasteiger partial charge >= 0.3 is 0 Å². The van der Waals surface area contributed by atoms with E-state index < -0.39 is 5.60 Å². The Balaban J connectivity index is 0.00000300. The van der Waals surface area contributed by atoms with Crippen molar-refractivity contribution in [2.75, 3.05) is 13.1 Å². The summed E-state index contributed by atoms with van der Waals surface area (Å²) in [5.41, 5.74) is 1.96. The number of aromatic nitrogens is 1. The van der Waals surface area contributed by atoms with Gasteiger partial charge < -0.3 is 15.7 Å². The smallest absolute Gasteiger partial charge is 0.191 e. The van der Waals surface area contributed by atoms with Crippen molar-refractivity contribution in [3.05, 3.63) is 76.6 Å². The molecule has 3 N–H and O–H groups in total. The van der Waals surface area contributed by atoms with Crippen molar-refractivity contribution in [3.63, 3.8) is 0 Å². The van der Waals surface area contributed by atoms with Crippen LogP contribution >= 0.6 is 35.3 Å². The van der Waals surface area contributed by atoms with Gasteiger partial charge in [0.2, 0.25) is 0 Å². The van der Waals surface area contributed by atoms with E-state index in [0.29, 0.717) is 19.0 Å². The zero-order chi connectivity index (χ0) is 19.8. The summed E-state index contributed by atoms with van der Waals surface area (Å²) in [4.78, 5) is 9.29. The van der Waals surface area contributed by atoms with E-state index in [0.717, 1.165) is 28.4 Å². The first kappa shape index (κ1) is 23.3. The molecule has 5 nitrogen and oxygen atoms in total. The fourth-order valence-electron chi connectivity index (χ4n) is 2.77. The maximum Gasteiger partial charge on any atom is 0.191 e. The van der Waals surface area contributed by atoms with Crippen LogP contribution in [-0.4, -0.2) is 29.1 Å². The Labute approximate surface area is 193 Å². The average molecular weight is 522 g/mol. The minimum absolute atomic E-state index is 0. The van der Waals surface area contributed by atoms with E-state index in [-0.39, 0.29) is 24.0 Å². The Morgan fingerprint density at radius 3 is 2.38 bits per heavy atom. The van der Waals surface area contributed by atoms with E-state index in [1.807, 2.05) is 55.5 Å². The molecule has 3 rings (SSSR count). The average Bonchev–Trinajstić information content (AvgIpc) is 3.20. The number of guanidine groups is 1. The maximum absolute atomic E-state index is 10.8. The maximum atomic E-state index is 10.8. The number of aliphatic hydroxyl groups is 1. The van der Waals surface area contributed by atoms with Crippen LogP contribution in [0.2, 0.25) is 0 Å². The van der Waals surface area contributed by atoms with Gasteiger partial charge in [-0.15, -0.1) is 35.3 Å². The summed E-state index contributed by atoms with van der Waals surface area (Å²) < 4.78 is 0. The molecule has 2 aromatic carbocycles. The molecule has 0 saturated heterocycles. The van der Waals surface area contributed by atoms with Gasteiger partial charge in [-0.05, 0) is 19.4 Å². The molecule has 0 aliphatic heterocycles. The molecule has 0 amide bonds. The molecule has 154 valence electrons. The Hall–Kier alpha value is -1.97. The molecular weight excluding hydrogens is 495 g/mol. The first-order chi connectivity index (χ1) is 13.6. The summed E-state index contributed by atoms with van der Waals surface area (Å²) in [6.45, 7) is 5.40. The van der Waals surface area contributed by atoms with Crippen LogP contribution in [0.1, 0.15) is 24.4 Å². The second-order valence-corrected chi connectivity index (χ2v) is 7.62. The molecule has 0 aliphatic carbocycles. The van der Waals surface area contributed by atoms with Crippen LogP contribution in [0.5, 0.6) is 0 Å². The summed E-state index contributed by atoms with van der Waals surface area (Å²) in [5.74, 6) is 0.662. The predicted molar refractivity (Wildman–Crippen MR) is 132 cm³/mol. The van der Waals surface area contributed by atoms with Crippen molar-refractivity contribution in [1.29, 1.82) is 0 Å². The van der Waals surface area contributed by atoms with Gasteiger partial charge in [0.25, 0.3) is 0 Å². The second-order valence-electron chi connectivity index (χ2n) is 6.68. The molecule has 29 heavy (non-hydrogen) atoms. The summed E-state index contributed by atoms with van der Waals surface area (Å²) in [5, 5.41) is 20.2. The molecule has 7 heteroatoms. The fourth-order valence-corrected chi connectivity index (χ4v) is 3.50. The quantitative estimate of drug-likeness (QED) is 0.245. The van der Waals surface area contributed by atoms with Crippen molar-refractivity contribution in [1.82, 2.24) is 15.6 Å². The third kappa shape index (κ3) is 6.80. The highest BCUT2D eigenvalue weighted by Crippen LogP contribution is 2.22. The van der Waals surface area contributed by atoms with Gasteiger partial charge in [0.1, 0.15) is 10.6 Å². The summed E-state index contributed by atoms with van der Waals surface area (Å²) in [6, 6.07) is 19.8. The molecule has 0 radical (unpaired) electrons. The summed E-state index contributed by atoms with van der Waals surface area (Å²) >= 11 is 1.60. The third-order valence-electron chi connectivity index (χ3n) is 4.33. The Morgan fingerprint density at radius 1 is 1.07 bits per heavy atom. The van der Waals surface area contributed by atoms with Crippen LogP contribution in [0.25, 0.3) is 11.3 Å². The van der Waals surface area contributed by atoms with Crippen molar-refractivity contribution in [3.8, 4) is 11.3 Å². The van der Waals surface area contributed by atoms with Crippen molar-refractivity contribution in [2.24, 2.45) is 4.99 Å². The Kier molecular flexibility index (Phi) is 9.06. The number of aliphatic imine (C=N–C) groups is 1. The number of hydrogen-bond acceptors (Lipinski definition) is 4. The van der Waals surface area contributed by atoms with Crippen LogP contribution < -0.4 is 10.6 Å². The van der Waals surface area contributed by atoms with E-state index in [1.165, 1.54) is 0 Å². The largest absolute Gasteiger partial charge is 0.384 e. The minimum atomic E-state index is -0.987. The highest BCUT2D eigenvalue weighted by molar-refractivity contribution is 14.0. The zero-order valence-corrected chi connectivity index (χ0v) is 19.8. The van der Waals surface area contributed by atoms with Gasteiger partial charge in [0.15, 0.2) is 5.96 Å². The standard InChI is InChI=1S/C22H26N4OS.HI/c1-3-23-21(25-16-22(2,27)18-12-8-5-9-13-18)24-14-20-26-19(15-28-20)17-10-6-4-7-11-17;/h4-13,15,27H,3,14,16H2,1-2H3,(H2,23,24,25);1H. The van der Waals surface area contributed by atoms with Gasteiger partial charge in [-0.25, -0.2) is 9.98 Å². The second kappa shape index (κ2) is 11.3. The van der Waals surface area contributed by atoms with Gasteiger partial charge in [0, 0.05) is 17.5 Å². The van der Waals surface area contributed by atoms with Gasteiger partial charge in [-0.2, -0.15) is 0 Å². The lowest BCUT2D eigenvalue weighted by atomic mass is 9.96. The van der Waals surface area contributed by atoms with E-state index >= 15 is 0 Å².